The molecule has 26 heavy (non-hydrogen) atoms. The lowest BCUT2D eigenvalue weighted by Crippen LogP contribution is -2.41. The quantitative estimate of drug-likeness (QED) is 0.730. The molecule has 3 aromatic rings. The Balaban J connectivity index is 1.51. The fourth-order valence-electron chi connectivity index (χ4n) is 3.68. The number of hydrogen-bond donors (Lipinski definition) is 0. The van der Waals surface area contributed by atoms with E-state index in [9.17, 15) is 4.79 Å². The van der Waals surface area contributed by atoms with Gasteiger partial charge in [0.05, 0.1) is 17.4 Å². The number of para-hydroxylation sites is 1. The highest BCUT2D eigenvalue weighted by Gasteiger charge is 2.27. The molecule has 3 heterocycles. The molecule has 1 atom stereocenters. The van der Waals surface area contributed by atoms with Gasteiger partial charge in [-0.2, -0.15) is 10.2 Å². The molecule has 6 nitrogen and oxygen atoms in total. The number of likely N-dealkylation sites (tertiary alicyclic amines) is 1. The van der Waals surface area contributed by atoms with Gasteiger partial charge in [0.25, 0.3) is 5.91 Å². The maximum Gasteiger partial charge on any atom is 0.274 e. The van der Waals surface area contributed by atoms with Gasteiger partial charge in [-0.05, 0) is 51.0 Å². The Bertz CT molecular complexity index is 911. The summed E-state index contributed by atoms with van der Waals surface area (Å²) in [4.78, 5) is 14.8. The highest BCUT2D eigenvalue weighted by Crippen LogP contribution is 2.24. The Labute approximate surface area is 153 Å². The molecule has 1 aliphatic heterocycles. The first-order valence-corrected chi connectivity index (χ1v) is 9.05. The number of nitrogens with zero attached hydrogens (tertiary/aromatic N) is 5. The predicted octanol–water partition coefficient (Wildman–Crippen LogP) is 3.16. The fourth-order valence-corrected chi connectivity index (χ4v) is 3.68. The number of aromatic nitrogens is 4. The Hall–Kier alpha value is -2.89. The lowest BCUT2D eigenvalue weighted by molar-refractivity contribution is 0.0665. The number of carbonyl (C=O) groups excluding carboxylic acids is 1. The van der Waals surface area contributed by atoms with Gasteiger partial charge in [-0.25, -0.2) is 4.68 Å². The zero-order valence-corrected chi connectivity index (χ0v) is 15.2. The van der Waals surface area contributed by atoms with Gasteiger partial charge < -0.3 is 4.90 Å². The highest BCUT2D eigenvalue weighted by molar-refractivity contribution is 5.92. The molecule has 0 unspecified atom stereocenters. The average Bonchev–Trinajstić information content (AvgIpc) is 3.28. The molecule has 1 saturated heterocycles. The number of amides is 1. The van der Waals surface area contributed by atoms with Crippen LogP contribution in [0, 0.1) is 13.8 Å². The molecule has 0 spiro atoms. The molecule has 1 aromatic carbocycles. The van der Waals surface area contributed by atoms with E-state index in [1.807, 2.05) is 48.4 Å². The van der Waals surface area contributed by atoms with Crippen LogP contribution < -0.4 is 0 Å². The number of rotatable bonds is 3. The van der Waals surface area contributed by atoms with Gasteiger partial charge in [0.15, 0.2) is 5.69 Å². The molecular formula is C20H23N5O. The predicted molar refractivity (Wildman–Crippen MR) is 99.4 cm³/mol. The van der Waals surface area contributed by atoms with Crippen molar-refractivity contribution in [2.75, 3.05) is 13.1 Å². The summed E-state index contributed by atoms with van der Waals surface area (Å²) in [7, 11) is 0. The van der Waals surface area contributed by atoms with Gasteiger partial charge in [0.2, 0.25) is 0 Å². The summed E-state index contributed by atoms with van der Waals surface area (Å²) in [5.41, 5.74) is 3.61. The summed E-state index contributed by atoms with van der Waals surface area (Å²) < 4.78 is 3.81. The van der Waals surface area contributed by atoms with Crippen LogP contribution in [0.25, 0.3) is 5.69 Å². The third kappa shape index (κ3) is 3.14. The Morgan fingerprint density at radius 2 is 1.92 bits per heavy atom. The average molecular weight is 349 g/mol. The lowest BCUT2D eigenvalue weighted by atomic mass is 10.1. The normalized spacial score (nSPS) is 17.5. The minimum Gasteiger partial charge on any atom is -0.335 e. The smallest absolute Gasteiger partial charge is 0.274 e. The van der Waals surface area contributed by atoms with Crippen LogP contribution in [0.1, 0.15) is 40.8 Å². The van der Waals surface area contributed by atoms with E-state index in [0.29, 0.717) is 12.2 Å². The first-order valence-electron chi connectivity index (χ1n) is 9.05. The summed E-state index contributed by atoms with van der Waals surface area (Å²) in [6.45, 7) is 5.53. The first kappa shape index (κ1) is 16.6. The van der Waals surface area contributed by atoms with Gasteiger partial charge in [-0.1, -0.05) is 18.2 Å². The molecule has 4 rings (SSSR count). The van der Waals surface area contributed by atoms with Crippen LogP contribution in [-0.4, -0.2) is 43.5 Å². The van der Waals surface area contributed by atoms with Gasteiger partial charge in [-0.15, -0.1) is 0 Å². The van der Waals surface area contributed by atoms with Crippen LogP contribution >= 0.6 is 0 Å². The monoisotopic (exact) mass is 349 g/mol. The van der Waals surface area contributed by atoms with Crippen LogP contribution in [0.4, 0.5) is 0 Å². The minimum atomic E-state index is -0.00841. The molecule has 0 radical (unpaired) electrons. The molecule has 1 aliphatic rings. The van der Waals surface area contributed by atoms with Crippen molar-refractivity contribution in [2.24, 2.45) is 0 Å². The Kier molecular flexibility index (Phi) is 4.32. The minimum absolute atomic E-state index is 0.00841. The van der Waals surface area contributed by atoms with Gasteiger partial charge >= 0.3 is 0 Å². The van der Waals surface area contributed by atoms with Crippen molar-refractivity contribution in [1.82, 2.24) is 24.5 Å². The lowest BCUT2D eigenvalue weighted by Gasteiger charge is -2.33. The third-order valence-electron chi connectivity index (χ3n) is 4.90. The number of hydrogen-bond acceptors (Lipinski definition) is 3. The van der Waals surface area contributed by atoms with Crippen LogP contribution in [0.5, 0.6) is 0 Å². The van der Waals surface area contributed by atoms with Crippen molar-refractivity contribution in [2.45, 2.75) is 32.7 Å². The van der Waals surface area contributed by atoms with Gasteiger partial charge in [-0.3, -0.25) is 9.48 Å². The third-order valence-corrected chi connectivity index (χ3v) is 4.90. The summed E-state index contributed by atoms with van der Waals surface area (Å²) in [6.07, 6.45) is 3.86. The number of aryl methyl sites for hydroxylation is 2. The van der Waals surface area contributed by atoms with Gasteiger partial charge in [0.1, 0.15) is 0 Å². The van der Waals surface area contributed by atoms with Crippen molar-refractivity contribution < 1.29 is 4.79 Å². The number of piperidine rings is 1. The SMILES string of the molecule is Cc1cc(C)n([C@@H]2CCCN(C(=O)c3ccn(-c4ccccc4)n3)C2)n1. The van der Waals surface area contributed by atoms with Gasteiger partial charge in [0, 0.05) is 25.0 Å². The second-order valence-electron chi connectivity index (χ2n) is 6.90. The van der Waals surface area contributed by atoms with E-state index in [-0.39, 0.29) is 11.9 Å². The van der Waals surface area contributed by atoms with E-state index in [1.165, 1.54) is 0 Å². The van der Waals surface area contributed by atoms with Crippen LogP contribution in [0.15, 0.2) is 48.7 Å². The fraction of sp³-hybridized carbons (Fsp3) is 0.350. The number of benzene rings is 1. The summed E-state index contributed by atoms with van der Waals surface area (Å²) in [6, 6.07) is 13.9. The van der Waals surface area contributed by atoms with E-state index in [4.69, 9.17) is 0 Å². The Morgan fingerprint density at radius 1 is 1.12 bits per heavy atom. The molecule has 0 aliphatic carbocycles. The van der Waals surface area contributed by atoms with E-state index >= 15 is 0 Å². The maximum absolute atomic E-state index is 12.9. The molecule has 1 amide bonds. The molecule has 134 valence electrons. The van der Waals surface area contributed by atoms with Crippen molar-refractivity contribution >= 4 is 5.91 Å². The molecular weight excluding hydrogens is 326 g/mol. The Morgan fingerprint density at radius 3 is 2.65 bits per heavy atom. The van der Waals surface area contributed by atoms with Crippen molar-refractivity contribution in [1.29, 1.82) is 0 Å². The topological polar surface area (TPSA) is 56.0 Å². The van der Waals surface area contributed by atoms with Crippen molar-refractivity contribution in [3.8, 4) is 5.69 Å². The summed E-state index contributed by atoms with van der Waals surface area (Å²) in [5.74, 6) is -0.00841. The molecule has 1 fully saturated rings. The standard InChI is InChI=1S/C20H23N5O/c1-15-13-16(2)25(21-15)18-9-6-11-23(14-18)20(26)19-10-12-24(22-19)17-7-4-3-5-8-17/h3-5,7-8,10,12-13,18H,6,9,11,14H2,1-2H3/t18-/m1/s1. The maximum atomic E-state index is 12.9. The van der Waals surface area contributed by atoms with Crippen LogP contribution in [-0.2, 0) is 0 Å². The first-order chi connectivity index (χ1) is 12.6. The zero-order valence-electron chi connectivity index (χ0n) is 15.2. The van der Waals surface area contributed by atoms with E-state index in [2.05, 4.69) is 27.9 Å². The number of carbonyl (C=O) groups is 1. The largest absolute Gasteiger partial charge is 0.335 e. The van der Waals surface area contributed by atoms with Crippen molar-refractivity contribution in [3.63, 3.8) is 0 Å². The van der Waals surface area contributed by atoms with E-state index < -0.39 is 0 Å². The second-order valence-corrected chi connectivity index (χ2v) is 6.90. The highest BCUT2D eigenvalue weighted by atomic mass is 16.2. The summed E-state index contributed by atoms with van der Waals surface area (Å²) >= 11 is 0. The van der Waals surface area contributed by atoms with E-state index in [0.717, 1.165) is 36.5 Å². The van der Waals surface area contributed by atoms with Crippen LogP contribution in [0.2, 0.25) is 0 Å². The molecule has 2 aromatic heterocycles. The molecule has 0 N–H and O–H groups in total. The molecule has 0 saturated carbocycles. The van der Waals surface area contributed by atoms with Crippen molar-refractivity contribution in [3.05, 3.63) is 65.7 Å². The summed E-state index contributed by atoms with van der Waals surface area (Å²) in [5, 5.41) is 9.08. The van der Waals surface area contributed by atoms with E-state index in [1.54, 1.807) is 10.7 Å². The molecule has 0 bridgehead atoms. The van der Waals surface area contributed by atoms with Crippen LogP contribution in [0.3, 0.4) is 0 Å². The molecule has 6 heteroatoms. The zero-order chi connectivity index (χ0) is 18.1. The second kappa shape index (κ2) is 6.78.